The van der Waals surface area contributed by atoms with Gasteiger partial charge < -0.3 is 10.3 Å². The SMILES string of the molecule is CC(C)Cn1cnc(S(=O)(=O)N2CCCCC2CN)c1.Cl. The van der Waals surface area contributed by atoms with Crippen LogP contribution in [0.25, 0.3) is 0 Å². The van der Waals surface area contributed by atoms with Crippen LogP contribution in [-0.2, 0) is 16.6 Å². The van der Waals surface area contributed by atoms with Crippen LogP contribution in [0.5, 0.6) is 0 Å². The van der Waals surface area contributed by atoms with Crippen molar-refractivity contribution in [2.24, 2.45) is 11.7 Å². The number of imidazole rings is 1. The van der Waals surface area contributed by atoms with Crippen molar-refractivity contribution in [3.63, 3.8) is 0 Å². The third kappa shape index (κ3) is 4.18. The molecule has 0 amide bonds. The van der Waals surface area contributed by atoms with E-state index in [1.807, 2.05) is 4.57 Å². The second-order valence-corrected chi connectivity index (χ2v) is 7.64. The molecule has 0 radical (unpaired) electrons. The molecule has 2 N–H and O–H groups in total. The van der Waals surface area contributed by atoms with Gasteiger partial charge in [0.25, 0.3) is 10.0 Å². The van der Waals surface area contributed by atoms with E-state index in [0.29, 0.717) is 19.0 Å². The summed E-state index contributed by atoms with van der Waals surface area (Å²) >= 11 is 0. The summed E-state index contributed by atoms with van der Waals surface area (Å²) in [5, 5.41) is 0.137. The Morgan fingerprint density at radius 3 is 2.76 bits per heavy atom. The number of nitrogens with zero attached hydrogens (tertiary/aromatic N) is 3. The van der Waals surface area contributed by atoms with Crippen molar-refractivity contribution >= 4 is 22.4 Å². The Bertz CT molecular complexity index is 544. The van der Waals surface area contributed by atoms with Gasteiger partial charge in [0, 0.05) is 31.9 Å². The highest BCUT2D eigenvalue weighted by Gasteiger charge is 2.34. The molecule has 6 nitrogen and oxygen atoms in total. The molecule has 8 heteroatoms. The van der Waals surface area contributed by atoms with Gasteiger partial charge in [-0.2, -0.15) is 4.31 Å². The molecule has 2 rings (SSSR count). The molecule has 21 heavy (non-hydrogen) atoms. The molecule has 1 fully saturated rings. The fourth-order valence-corrected chi connectivity index (χ4v) is 4.28. The molecule has 0 bridgehead atoms. The van der Waals surface area contributed by atoms with Gasteiger partial charge in [0.1, 0.15) is 0 Å². The van der Waals surface area contributed by atoms with E-state index < -0.39 is 10.0 Å². The van der Waals surface area contributed by atoms with Crippen LogP contribution >= 0.6 is 12.4 Å². The van der Waals surface area contributed by atoms with Gasteiger partial charge in [0.05, 0.1) is 6.33 Å². The second kappa shape index (κ2) is 7.58. The average Bonchev–Trinajstić information content (AvgIpc) is 2.87. The fraction of sp³-hybridized carbons (Fsp3) is 0.769. The van der Waals surface area contributed by atoms with Gasteiger partial charge in [0.2, 0.25) is 0 Å². The molecule has 1 unspecified atom stereocenters. The van der Waals surface area contributed by atoms with E-state index in [1.54, 1.807) is 12.5 Å². The topological polar surface area (TPSA) is 81.2 Å². The Kier molecular flexibility index (Phi) is 6.65. The number of sulfonamides is 1. The highest BCUT2D eigenvalue weighted by molar-refractivity contribution is 7.89. The lowest BCUT2D eigenvalue weighted by Crippen LogP contribution is -2.47. The van der Waals surface area contributed by atoms with Crippen LogP contribution in [0.1, 0.15) is 33.1 Å². The van der Waals surface area contributed by atoms with E-state index in [-0.39, 0.29) is 23.5 Å². The van der Waals surface area contributed by atoms with Gasteiger partial charge in [-0.3, -0.25) is 0 Å². The first-order valence-electron chi connectivity index (χ1n) is 7.19. The summed E-state index contributed by atoms with van der Waals surface area (Å²) in [6, 6.07) is -0.0935. The number of aromatic nitrogens is 2. The van der Waals surface area contributed by atoms with Gasteiger partial charge in [-0.05, 0) is 18.8 Å². The predicted molar refractivity (Wildman–Crippen MR) is 84.9 cm³/mol. The average molecular weight is 337 g/mol. The van der Waals surface area contributed by atoms with E-state index in [0.717, 1.165) is 25.8 Å². The first-order valence-corrected chi connectivity index (χ1v) is 8.63. The van der Waals surface area contributed by atoms with Crippen LogP contribution < -0.4 is 5.73 Å². The Balaban J connectivity index is 0.00000220. The van der Waals surface area contributed by atoms with E-state index in [4.69, 9.17) is 5.73 Å². The van der Waals surface area contributed by atoms with Crippen molar-refractivity contribution in [2.45, 2.75) is 50.7 Å². The molecule has 2 heterocycles. The Morgan fingerprint density at radius 2 is 2.14 bits per heavy atom. The Morgan fingerprint density at radius 1 is 1.43 bits per heavy atom. The summed E-state index contributed by atoms with van der Waals surface area (Å²) in [6.45, 7) is 5.85. The van der Waals surface area contributed by atoms with Crippen LogP contribution in [0.15, 0.2) is 17.6 Å². The van der Waals surface area contributed by atoms with Gasteiger partial charge >= 0.3 is 0 Å². The van der Waals surface area contributed by atoms with Gasteiger partial charge in [-0.15, -0.1) is 12.4 Å². The summed E-state index contributed by atoms with van der Waals surface area (Å²) < 4.78 is 28.7. The van der Waals surface area contributed by atoms with Crippen molar-refractivity contribution < 1.29 is 8.42 Å². The minimum absolute atomic E-state index is 0. The third-order valence-electron chi connectivity index (χ3n) is 3.60. The summed E-state index contributed by atoms with van der Waals surface area (Å²) in [6.07, 6.45) is 5.98. The number of rotatable bonds is 5. The molecular formula is C13H25ClN4O2S. The zero-order chi connectivity index (χ0) is 14.8. The zero-order valence-corrected chi connectivity index (χ0v) is 14.2. The maximum absolute atomic E-state index is 12.7. The van der Waals surface area contributed by atoms with Crippen molar-refractivity contribution in [1.29, 1.82) is 0 Å². The molecule has 0 aromatic carbocycles. The van der Waals surface area contributed by atoms with Crippen LogP contribution in [0.3, 0.4) is 0 Å². The molecule has 1 atom stereocenters. The van der Waals surface area contributed by atoms with E-state index >= 15 is 0 Å². The first-order chi connectivity index (χ1) is 9.45. The third-order valence-corrected chi connectivity index (χ3v) is 5.44. The maximum atomic E-state index is 12.7. The molecule has 1 saturated heterocycles. The lowest BCUT2D eigenvalue weighted by atomic mass is 10.1. The number of nitrogens with two attached hydrogens (primary N) is 1. The van der Waals surface area contributed by atoms with Gasteiger partial charge in [-0.25, -0.2) is 13.4 Å². The fourth-order valence-electron chi connectivity index (χ4n) is 2.64. The monoisotopic (exact) mass is 336 g/mol. The molecule has 1 aromatic rings. The molecule has 0 spiro atoms. The zero-order valence-electron chi connectivity index (χ0n) is 12.6. The lowest BCUT2D eigenvalue weighted by Gasteiger charge is -2.33. The van der Waals surface area contributed by atoms with Crippen LogP contribution in [0, 0.1) is 5.92 Å². The lowest BCUT2D eigenvalue weighted by molar-refractivity contribution is 0.257. The number of piperidine rings is 1. The van der Waals surface area contributed by atoms with Gasteiger partial charge in [0.15, 0.2) is 5.03 Å². The molecule has 1 aromatic heterocycles. The first kappa shape index (κ1) is 18.4. The summed E-state index contributed by atoms with van der Waals surface area (Å²) in [7, 11) is -3.52. The number of hydrogen-bond acceptors (Lipinski definition) is 4. The van der Waals surface area contributed by atoms with Crippen molar-refractivity contribution in [1.82, 2.24) is 13.9 Å². The van der Waals surface area contributed by atoms with Crippen molar-refractivity contribution in [2.75, 3.05) is 13.1 Å². The van der Waals surface area contributed by atoms with E-state index in [2.05, 4.69) is 18.8 Å². The molecule has 122 valence electrons. The maximum Gasteiger partial charge on any atom is 0.262 e. The highest BCUT2D eigenvalue weighted by atomic mass is 35.5. The van der Waals surface area contributed by atoms with Crippen molar-refractivity contribution in [3.05, 3.63) is 12.5 Å². The van der Waals surface area contributed by atoms with Crippen LogP contribution in [0.4, 0.5) is 0 Å². The summed E-state index contributed by atoms with van der Waals surface area (Å²) in [5.41, 5.74) is 5.71. The summed E-state index contributed by atoms with van der Waals surface area (Å²) in [5.74, 6) is 0.450. The van der Waals surface area contributed by atoms with Crippen LogP contribution in [0.2, 0.25) is 0 Å². The predicted octanol–water partition coefficient (Wildman–Crippen LogP) is 1.46. The van der Waals surface area contributed by atoms with E-state index in [9.17, 15) is 8.42 Å². The Labute approximate surface area is 133 Å². The minimum atomic E-state index is -3.52. The molecule has 1 aliphatic rings. The van der Waals surface area contributed by atoms with Gasteiger partial charge in [-0.1, -0.05) is 20.3 Å². The number of hydrogen-bond donors (Lipinski definition) is 1. The molecule has 1 aliphatic heterocycles. The largest absolute Gasteiger partial charge is 0.336 e. The number of halogens is 1. The standard InChI is InChI=1S/C13H24N4O2S.ClH/c1-11(2)8-16-9-13(15-10-16)20(18,19)17-6-4-3-5-12(17)7-14;/h9-12H,3-8,14H2,1-2H3;1H. The normalized spacial score (nSPS) is 20.5. The molecular weight excluding hydrogens is 312 g/mol. The highest BCUT2D eigenvalue weighted by Crippen LogP contribution is 2.24. The Hall–Kier alpha value is -0.630. The smallest absolute Gasteiger partial charge is 0.262 e. The second-order valence-electron chi connectivity index (χ2n) is 5.80. The summed E-state index contributed by atoms with van der Waals surface area (Å²) in [4.78, 5) is 4.08. The molecule has 0 aliphatic carbocycles. The van der Waals surface area contributed by atoms with Crippen molar-refractivity contribution in [3.8, 4) is 0 Å². The van der Waals surface area contributed by atoms with Crippen LogP contribution in [-0.4, -0.2) is 41.4 Å². The van der Waals surface area contributed by atoms with E-state index in [1.165, 1.54) is 4.31 Å². The molecule has 0 saturated carbocycles. The quantitative estimate of drug-likeness (QED) is 0.882. The minimum Gasteiger partial charge on any atom is -0.336 e.